The van der Waals surface area contributed by atoms with E-state index in [0.717, 1.165) is 12.1 Å². The number of nitriles is 1. The van der Waals surface area contributed by atoms with Gasteiger partial charge in [-0.15, -0.1) is 0 Å². The van der Waals surface area contributed by atoms with Crippen LogP contribution in [-0.2, 0) is 4.74 Å². The van der Waals surface area contributed by atoms with Crippen molar-refractivity contribution >= 4 is 6.09 Å². The normalized spacial score (nSPS) is 12.2. The molecule has 0 aliphatic rings. The van der Waals surface area contributed by atoms with Crippen LogP contribution in [0.5, 0.6) is 5.75 Å². The fraction of sp³-hybridized carbons (Fsp3) is 0.429. The van der Waals surface area contributed by atoms with Gasteiger partial charge in [-0.1, -0.05) is 0 Å². The minimum absolute atomic E-state index is 0.206. The molecule has 0 saturated heterocycles. The molecule has 0 radical (unpaired) electrons. The number of nitrogens with zero attached hydrogens (tertiary/aromatic N) is 1. The zero-order valence-corrected chi connectivity index (χ0v) is 11.9. The number of carbonyl (C=O) groups is 1. The van der Waals surface area contributed by atoms with Gasteiger partial charge in [0, 0.05) is 6.07 Å². The highest BCUT2D eigenvalue weighted by Gasteiger charge is 2.20. The number of amides is 1. The van der Waals surface area contributed by atoms with Crippen LogP contribution in [-0.4, -0.2) is 24.3 Å². The minimum atomic E-state index is -1.02. The number of ether oxygens (including phenoxy) is 2. The van der Waals surface area contributed by atoms with Gasteiger partial charge in [0.1, 0.15) is 18.0 Å². The lowest BCUT2D eigenvalue weighted by atomic mass is 10.2. The average Bonchev–Trinajstić information content (AvgIpc) is 2.33. The number of nitrogens with one attached hydrogen (secondary N) is 1. The van der Waals surface area contributed by atoms with E-state index in [0.29, 0.717) is 6.07 Å². The number of hydrogen-bond donors (Lipinski definition) is 1. The number of carbonyl (C=O) groups excluding carboxylic acids is 1. The molecule has 1 aromatic rings. The summed E-state index contributed by atoms with van der Waals surface area (Å²) in [5.41, 5.74) is -0.700. The predicted octanol–water partition coefficient (Wildman–Crippen LogP) is 2.76. The molecule has 0 aliphatic heterocycles. The van der Waals surface area contributed by atoms with Gasteiger partial charge in [-0.3, -0.25) is 0 Å². The predicted molar refractivity (Wildman–Crippen MR) is 70.6 cm³/mol. The molecule has 5 nitrogen and oxygen atoms in total. The van der Waals surface area contributed by atoms with Crippen molar-refractivity contribution in [2.24, 2.45) is 0 Å². The Balaban J connectivity index is 2.55. The molecule has 1 rings (SSSR count). The second kappa shape index (κ2) is 6.88. The quantitative estimate of drug-likeness (QED) is 0.927. The average molecular weight is 298 g/mol. The zero-order chi connectivity index (χ0) is 16.0. The molecule has 0 saturated carbocycles. The van der Waals surface area contributed by atoms with Crippen LogP contribution in [0.3, 0.4) is 0 Å². The molecular formula is C14H16F2N2O3. The molecular weight excluding hydrogens is 282 g/mol. The molecule has 0 aliphatic carbocycles. The van der Waals surface area contributed by atoms with E-state index in [1.165, 1.54) is 0 Å². The van der Waals surface area contributed by atoms with Gasteiger partial charge < -0.3 is 14.8 Å². The van der Waals surface area contributed by atoms with Crippen molar-refractivity contribution in [3.8, 4) is 11.8 Å². The van der Waals surface area contributed by atoms with E-state index in [4.69, 9.17) is 14.7 Å². The Morgan fingerprint density at radius 3 is 2.62 bits per heavy atom. The Hall–Kier alpha value is -2.36. The van der Waals surface area contributed by atoms with Gasteiger partial charge >= 0.3 is 6.09 Å². The summed E-state index contributed by atoms with van der Waals surface area (Å²) >= 11 is 0. The first-order valence-electron chi connectivity index (χ1n) is 6.18. The molecule has 1 atom stereocenters. The van der Waals surface area contributed by atoms with Crippen LogP contribution < -0.4 is 10.1 Å². The van der Waals surface area contributed by atoms with Crippen LogP contribution >= 0.6 is 0 Å². The van der Waals surface area contributed by atoms with Crippen LogP contribution in [0, 0.1) is 23.0 Å². The topological polar surface area (TPSA) is 71.3 Å². The highest BCUT2D eigenvalue weighted by Crippen LogP contribution is 2.17. The maximum absolute atomic E-state index is 13.3. The van der Waals surface area contributed by atoms with Crippen molar-refractivity contribution < 1.29 is 23.0 Å². The minimum Gasteiger partial charge on any atom is -0.487 e. The van der Waals surface area contributed by atoms with E-state index in [9.17, 15) is 13.6 Å². The largest absolute Gasteiger partial charge is 0.487 e. The highest BCUT2D eigenvalue weighted by atomic mass is 19.1. The molecule has 0 aromatic heterocycles. The smallest absolute Gasteiger partial charge is 0.408 e. The van der Waals surface area contributed by atoms with Gasteiger partial charge in [-0.25, -0.2) is 13.6 Å². The molecule has 0 spiro atoms. The molecule has 1 unspecified atom stereocenters. The summed E-state index contributed by atoms with van der Waals surface area (Å²) in [6.07, 6.45) is -0.780. The number of alkyl carbamates (subject to hydrolysis) is 1. The lowest BCUT2D eigenvalue weighted by Crippen LogP contribution is -2.41. The van der Waals surface area contributed by atoms with Gasteiger partial charge in [0.2, 0.25) is 0 Å². The summed E-state index contributed by atoms with van der Waals surface area (Å²) in [6.45, 7) is 4.74. The second-order valence-corrected chi connectivity index (χ2v) is 5.21. The Labute approximate surface area is 121 Å². The molecule has 114 valence electrons. The Kier molecular flexibility index (Phi) is 5.47. The maximum Gasteiger partial charge on any atom is 0.408 e. The van der Waals surface area contributed by atoms with E-state index >= 15 is 0 Å². The number of benzene rings is 1. The van der Waals surface area contributed by atoms with Crippen LogP contribution in [0.4, 0.5) is 13.6 Å². The van der Waals surface area contributed by atoms with Crippen LogP contribution in [0.2, 0.25) is 0 Å². The monoisotopic (exact) mass is 298 g/mol. The molecule has 21 heavy (non-hydrogen) atoms. The van der Waals surface area contributed by atoms with E-state index in [1.807, 2.05) is 0 Å². The van der Waals surface area contributed by atoms with E-state index in [1.54, 1.807) is 26.8 Å². The third kappa shape index (κ3) is 6.08. The van der Waals surface area contributed by atoms with Crippen LogP contribution in [0.1, 0.15) is 20.8 Å². The van der Waals surface area contributed by atoms with Crippen molar-refractivity contribution in [1.82, 2.24) is 5.32 Å². The lowest BCUT2D eigenvalue weighted by Gasteiger charge is -2.21. The Morgan fingerprint density at radius 1 is 1.43 bits per heavy atom. The molecule has 1 aromatic carbocycles. The van der Waals surface area contributed by atoms with E-state index in [2.05, 4.69) is 5.32 Å². The van der Waals surface area contributed by atoms with Gasteiger partial charge in [-0.05, 0) is 32.9 Å². The lowest BCUT2D eigenvalue weighted by molar-refractivity contribution is 0.0503. The SMILES string of the molecule is CC(C)(C)OC(=O)NC(C#N)COc1ccc(F)cc1F. The number of halogens is 2. The fourth-order valence-electron chi connectivity index (χ4n) is 1.33. The second-order valence-electron chi connectivity index (χ2n) is 5.21. The van der Waals surface area contributed by atoms with Crippen molar-refractivity contribution in [3.63, 3.8) is 0 Å². The first-order valence-corrected chi connectivity index (χ1v) is 6.18. The fourth-order valence-corrected chi connectivity index (χ4v) is 1.33. The van der Waals surface area contributed by atoms with Gasteiger partial charge in [0.15, 0.2) is 17.6 Å². The molecule has 1 amide bonds. The first-order chi connectivity index (χ1) is 9.71. The first kappa shape index (κ1) is 16.7. The highest BCUT2D eigenvalue weighted by molar-refractivity contribution is 5.68. The number of hydrogen-bond acceptors (Lipinski definition) is 4. The summed E-state index contributed by atoms with van der Waals surface area (Å²) < 4.78 is 36.1. The Bertz CT molecular complexity index is 550. The summed E-state index contributed by atoms with van der Waals surface area (Å²) in [5.74, 6) is -1.82. The van der Waals surface area contributed by atoms with Crippen molar-refractivity contribution in [1.29, 1.82) is 5.26 Å². The van der Waals surface area contributed by atoms with Gasteiger partial charge in [-0.2, -0.15) is 5.26 Å². The Morgan fingerprint density at radius 2 is 2.10 bits per heavy atom. The number of rotatable bonds is 4. The van der Waals surface area contributed by atoms with E-state index in [-0.39, 0.29) is 12.4 Å². The van der Waals surface area contributed by atoms with Crippen molar-refractivity contribution in [3.05, 3.63) is 29.8 Å². The summed E-state index contributed by atoms with van der Waals surface area (Å²) in [5, 5.41) is 11.2. The zero-order valence-electron chi connectivity index (χ0n) is 11.9. The van der Waals surface area contributed by atoms with Crippen LogP contribution in [0.25, 0.3) is 0 Å². The molecule has 0 bridgehead atoms. The third-order valence-corrected chi connectivity index (χ3v) is 2.15. The molecule has 0 fully saturated rings. The molecule has 7 heteroatoms. The molecule has 0 heterocycles. The van der Waals surface area contributed by atoms with Crippen LogP contribution in [0.15, 0.2) is 18.2 Å². The van der Waals surface area contributed by atoms with Crippen molar-refractivity contribution in [2.45, 2.75) is 32.4 Å². The molecule has 1 N–H and O–H groups in total. The summed E-state index contributed by atoms with van der Waals surface area (Å²) in [7, 11) is 0. The maximum atomic E-state index is 13.3. The summed E-state index contributed by atoms with van der Waals surface area (Å²) in [4.78, 5) is 11.5. The third-order valence-electron chi connectivity index (χ3n) is 2.15. The summed E-state index contributed by atoms with van der Waals surface area (Å²) in [6, 6.07) is 3.56. The van der Waals surface area contributed by atoms with E-state index < -0.39 is 29.4 Å². The standard InChI is InChI=1S/C14H16F2N2O3/c1-14(2,3)21-13(19)18-10(7-17)8-20-12-5-4-9(15)6-11(12)16/h4-6,10H,8H2,1-3H3,(H,18,19). The van der Waals surface area contributed by atoms with Crippen molar-refractivity contribution in [2.75, 3.05) is 6.61 Å². The van der Waals surface area contributed by atoms with Gasteiger partial charge in [0.05, 0.1) is 6.07 Å². The van der Waals surface area contributed by atoms with Gasteiger partial charge in [0.25, 0.3) is 0 Å².